The van der Waals surface area contributed by atoms with Gasteiger partial charge < -0.3 is 15.4 Å². The highest BCUT2D eigenvalue weighted by Gasteiger charge is 2.37. The van der Waals surface area contributed by atoms with Crippen LogP contribution in [0.3, 0.4) is 0 Å². The first kappa shape index (κ1) is 17.5. The molecule has 0 bridgehead atoms. The van der Waals surface area contributed by atoms with Crippen LogP contribution in [0.1, 0.15) is 5.56 Å². The molecule has 128 valence electrons. The Kier molecular flexibility index (Phi) is 5.33. The van der Waals surface area contributed by atoms with Gasteiger partial charge >= 0.3 is 0 Å². The van der Waals surface area contributed by atoms with Crippen molar-refractivity contribution in [1.82, 2.24) is 0 Å². The van der Waals surface area contributed by atoms with Crippen molar-refractivity contribution in [2.24, 2.45) is 5.41 Å². The average Bonchev–Trinajstić information content (AvgIpc) is 2.52. The van der Waals surface area contributed by atoms with Crippen LogP contribution in [0.4, 0.5) is 21.5 Å². The normalized spacial score (nSPS) is 15.7. The van der Waals surface area contributed by atoms with Crippen molar-refractivity contribution in [3.63, 3.8) is 0 Å². The zero-order valence-corrected chi connectivity index (χ0v) is 15.7. The Balaban J connectivity index is 1.66. The number of alkyl halides is 1. The minimum absolute atomic E-state index is 0.109. The Labute approximate surface area is 154 Å². The fraction of sp³-hybridized carbons (Fsp3) is 0.333. The third-order valence-corrected chi connectivity index (χ3v) is 5.67. The average molecular weight is 414 g/mol. The number of anilines is 3. The zero-order chi connectivity index (χ0) is 17.2. The minimum Gasteiger partial charge on any atom is -0.384 e. The number of hydrogen-bond acceptors (Lipinski definition) is 3. The topological polar surface area (TPSA) is 33.3 Å². The quantitative estimate of drug-likeness (QED) is 0.626. The lowest BCUT2D eigenvalue weighted by Crippen LogP contribution is -2.49. The fourth-order valence-corrected chi connectivity index (χ4v) is 3.28. The maximum absolute atomic E-state index is 13.2. The van der Waals surface area contributed by atoms with Gasteiger partial charge in [-0.1, -0.05) is 27.5 Å². The van der Waals surface area contributed by atoms with Gasteiger partial charge in [-0.15, -0.1) is 0 Å². The summed E-state index contributed by atoms with van der Waals surface area (Å²) < 4.78 is 18.6. The number of benzene rings is 2. The van der Waals surface area contributed by atoms with Gasteiger partial charge in [0, 0.05) is 34.4 Å². The van der Waals surface area contributed by atoms with Gasteiger partial charge in [-0.05, 0) is 48.9 Å². The van der Waals surface area contributed by atoms with Crippen molar-refractivity contribution in [2.45, 2.75) is 6.92 Å². The highest BCUT2D eigenvalue weighted by molar-refractivity contribution is 9.09. The molecule has 0 amide bonds. The van der Waals surface area contributed by atoms with E-state index in [1.165, 1.54) is 6.07 Å². The van der Waals surface area contributed by atoms with Crippen LogP contribution >= 0.6 is 27.5 Å². The number of aryl methyl sites for hydroxylation is 1. The smallest absolute Gasteiger partial charge is 0.141 e. The zero-order valence-electron chi connectivity index (χ0n) is 13.3. The molecule has 0 aliphatic carbocycles. The lowest BCUT2D eigenvalue weighted by Gasteiger charge is -2.40. The van der Waals surface area contributed by atoms with E-state index in [1.54, 1.807) is 12.1 Å². The maximum atomic E-state index is 13.2. The van der Waals surface area contributed by atoms with Gasteiger partial charge in [-0.2, -0.15) is 0 Å². The number of halogens is 3. The van der Waals surface area contributed by atoms with Crippen LogP contribution in [0, 0.1) is 18.2 Å². The molecule has 24 heavy (non-hydrogen) atoms. The van der Waals surface area contributed by atoms with Crippen molar-refractivity contribution < 1.29 is 9.13 Å². The highest BCUT2D eigenvalue weighted by atomic mass is 79.9. The predicted molar refractivity (Wildman–Crippen MR) is 101 cm³/mol. The first-order valence-electron chi connectivity index (χ1n) is 7.72. The molecular weight excluding hydrogens is 395 g/mol. The maximum Gasteiger partial charge on any atom is 0.141 e. The molecule has 1 aliphatic heterocycles. The van der Waals surface area contributed by atoms with Gasteiger partial charge in [0.2, 0.25) is 0 Å². The number of ether oxygens (including phenoxy) is 1. The van der Waals surface area contributed by atoms with Gasteiger partial charge in [0.15, 0.2) is 0 Å². The molecule has 2 aromatic carbocycles. The van der Waals surface area contributed by atoms with Crippen LogP contribution in [0.25, 0.3) is 0 Å². The monoisotopic (exact) mass is 412 g/mol. The summed E-state index contributed by atoms with van der Waals surface area (Å²) in [5.41, 5.74) is 4.12. The summed E-state index contributed by atoms with van der Waals surface area (Å²) in [5, 5.41) is 7.78. The highest BCUT2D eigenvalue weighted by Crippen LogP contribution is 2.31. The van der Waals surface area contributed by atoms with Crippen molar-refractivity contribution in [1.29, 1.82) is 0 Å². The van der Waals surface area contributed by atoms with Crippen molar-refractivity contribution in [2.75, 3.05) is 35.7 Å². The third kappa shape index (κ3) is 3.85. The van der Waals surface area contributed by atoms with E-state index in [0.717, 1.165) is 47.7 Å². The molecule has 6 heteroatoms. The second-order valence-electron chi connectivity index (χ2n) is 6.26. The number of rotatable bonds is 6. The molecule has 1 saturated heterocycles. The summed E-state index contributed by atoms with van der Waals surface area (Å²) in [4.78, 5) is 0. The summed E-state index contributed by atoms with van der Waals surface area (Å²) in [7, 11) is 0. The number of nitrogens with one attached hydrogen (secondary N) is 2. The molecule has 0 unspecified atom stereocenters. The van der Waals surface area contributed by atoms with Gasteiger partial charge in [0.1, 0.15) is 5.82 Å². The van der Waals surface area contributed by atoms with Crippen molar-refractivity contribution >= 4 is 44.6 Å². The Morgan fingerprint density at radius 1 is 1.21 bits per heavy atom. The van der Waals surface area contributed by atoms with Crippen molar-refractivity contribution in [3.8, 4) is 0 Å². The summed E-state index contributed by atoms with van der Waals surface area (Å²) in [6.45, 7) is 4.51. The van der Waals surface area contributed by atoms with Crippen LogP contribution in [0.5, 0.6) is 0 Å². The van der Waals surface area contributed by atoms with Crippen LogP contribution < -0.4 is 10.6 Å². The molecule has 2 aromatic rings. The Morgan fingerprint density at radius 3 is 2.50 bits per heavy atom. The van der Waals surface area contributed by atoms with Gasteiger partial charge in [0.25, 0.3) is 0 Å². The van der Waals surface area contributed by atoms with Gasteiger partial charge in [0.05, 0.1) is 18.2 Å². The second kappa shape index (κ2) is 7.30. The lowest BCUT2D eigenvalue weighted by atomic mass is 9.88. The Hall–Kier alpha value is -1.30. The van der Waals surface area contributed by atoms with Gasteiger partial charge in [-0.3, -0.25) is 0 Å². The fourth-order valence-electron chi connectivity index (χ4n) is 2.58. The molecular formula is C18H19BrClFN2O. The summed E-state index contributed by atoms with van der Waals surface area (Å²) in [6.07, 6.45) is 0. The molecule has 1 heterocycles. The summed E-state index contributed by atoms with van der Waals surface area (Å²) in [6, 6.07) is 10.7. The van der Waals surface area contributed by atoms with Crippen LogP contribution in [0.15, 0.2) is 36.4 Å². The molecule has 0 aromatic heterocycles. The van der Waals surface area contributed by atoms with E-state index in [2.05, 4.69) is 39.6 Å². The molecule has 1 fully saturated rings. The summed E-state index contributed by atoms with van der Waals surface area (Å²) in [5.74, 6) is -0.418. The molecule has 0 spiro atoms. The van der Waals surface area contributed by atoms with E-state index in [9.17, 15) is 4.39 Å². The SMILES string of the molecule is Cc1cc(Nc2ccc(F)c(Cl)c2)ccc1NCC1(CBr)COC1. The largest absolute Gasteiger partial charge is 0.384 e. The van der Waals surface area contributed by atoms with E-state index in [1.807, 2.05) is 12.1 Å². The van der Waals surface area contributed by atoms with E-state index in [4.69, 9.17) is 16.3 Å². The van der Waals surface area contributed by atoms with Crippen LogP contribution in [0.2, 0.25) is 5.02 Å². The molecule has 2 N–H and O–H groups in total. The van der Waals surface area contributed by atoms with E-state index in [0.29, 0.717) is 0 Å². The molecule has 3 nitrogen and oxygen atoms in total. The minimum atomic E-state index is -0.418. The molecule has 3 rings (SSSR count). The van der Waals surface area contributed by atoms with E-state index < -0.39 is 5.82 Å². The molecule has 0 saturated carbocycles. The molecule has 1 aliphatic rings. The van der Waals surface area contributed by atoms with Crippen molar-refractivity contribution in [3.05, 3.63) is 52.8 Å². The lowest BCUT2D eigenvalue weighted by molar-refractivity contribution is -0.0885. The van der Waals surface area contributed by atoms with E-state index >= 15 is 0 Å². The Morgan fingerprint density at radius 2 is 1.92 bits per heavy atom. The predicted octanol–water partition coefficient (Wildman–Crippen LogP) is 5.35. The van der Waals surface area contributed by atoms with E-state index in [-0.39, 0.29) is 10.4 Å². The number of hydrogen-bond donors (Lipinski definition) is 2. The van der Waals surface area contributed by atoms with Crippen LogP contribution in [-0.4, -0.2) is 25.1 Å². The molecule has 0 atom stereocenters. The molecule has 0 radical (unpaired) electrons. The summed E-state index contributed by atoms with van der Waals surface area (Å²) >= 11 is 9.38. The van der Waals surface area contributed by atoms with Gasteiger partial charge in [-0.25, -0.2) is 4.39 Å². The first-order valence-corrected chi connectivity index (χ1v) is 9.22. The first-order chi connectivity index (χ1) is 11.5. The third-order valence-electron chi connectivity index (χ3n) is 4.19. The Bertz CT molecular complexity index is 731. The second-order valence-corrected chi connectivity index (χ2v) is 7.23. The van der Waals surface area contributed by atoms with Crippen LogP contribution in [-0.2, 0) is 4.74 Å². The standard InChI is InChI=1S/C18H19BrClFN2O/c1-12-6-13(23-14-2-4-16(21)15(20)7-14)3-5-17(12)22-9-18(8-19)10-24-11-18/h2-7,22-23H,8-11H2,1H3.